The van der Waals surface area contributed by atoms with Crippen molar-refractivity contribution in [2.75, 3.05) is 6.54 Å². The highest BCUT2D eigenvalue weighted by Gasteiger charge is 2.20. The van der Waals surface area contributed by atoms with Crippen LogP contribution >= 0.6 is 0 Å². The third kappa shape index (κ3) is 3.63. The summed E-state index contributed by atoms with van der Waals surface area (Å²) in [5.41, 5.74) is 8.09. The van der Waals surface area contributed by atoms with Crippen LogP contribution < -0.4 is 5.32 Å². The Bertz CT molecular complexity index is 973. The van der Waals surface area contributed by atoms with Crippen molar-refractivity contribution in [3.63, 3.8) is 0 Å². The number of rotatable bonds is 4. The van der Waals surface area contributed by atoms with Crippen LogP contribution in [0, 0.1) is 20.8 Å². The molecule has 1 aromatic heterocycles. The minimum absolute atomic E-state index is 0.0860. The smallest absolute Gasteiger partial charge is 0.251 e. The minimum atomic E-state index is -0.174. The lowest BCUT2D eigenvalue weighted by molar-refractivity contribution is -0.115. The molecule has 1 aliphatic rings. The van der Waals surface area contributed by atoms with E-state index in [1.807, 2.05) is 58.9 Å². The molecule has 1 aliphatic carbocycles. The van der Waals surface area contributed by atoms with Gasteiger partial charge in [0.2, 0.25) is 0 Å². The van der Waals surface area contributed by atoms with E-state index in [9.17, 15) is 9.59 Å². The van der Waals surface area contributed by atoms with Crippen LogP contribution in [-0.4, -0.2) is 28.4 Å². The van der Waals surface area contributed by atoms with Crippen molar-refractivity contribution in [1.82, 2.24) is 15.5 Å². The predicted octanol–water partition coefficient (Wildman–Crippen LogP) is 3.97. The number of aryl methyl sites for hydroxylation is 2. The van der Waals surface area contributed by atoms with Gasteiger partial charge < -0.3 is 5.32 Å². The number of ketones is 1. The molecule has 0 bridgehead atoms. The van der Waals surface area contributed by atoms with Crippen LogP contribution in [0.15, 0.2) is 41.0 Å². The molecule has 2 aromatic rings. The Morgan fingerprint density at radius 2 is 1.93 bits per heavy atom. The van der Waals surface area contributed by atoms with E-state index in [1.165, 1.54) is 0 Å². The summed E-state index contributed by atoms with van der Waals surface area (Å²) in [6.45, 7) is 9.98. The van der Waals surface area contributed by atoms with E-state index in [-0.39, 0.29) is 18.2 Å². The first kappa shape index (κ1) is 18.8. The molecule has 5 nitrogen and oxygen atoms in total. The van der Waals surface area contributed by atoms with Gasteiger partial charge in [-0.3, -0.25) is 14.7 Å². The van der Waals surface area contributed by atoms with Gasteiger partial charge in [-0.05, 0) is 57.4 Å². The molecule has 3 rings (SSSR count). The Kier molecular flexibility index (Phi) is 5.13. The normalized spacial score (nSPS) is 14.4. The van der Waals surface area contributed by atoms with E-state index in [0.717, 1.165) is 39.2 Å². The van der Waals surface area contributed by atoms with E-state index in [1.54, 1.807) is 0 Å². The zero-order valence-electron chi connectivity index (χ0n) is 16.5. The second-order valence-corrected chi connectivity index (χ2v) is 7.22. The van der Waals surface area contributed by atoms with Gasteiger partial charge >= 0.3 is 0 Å². The molecule has 0 spiro atoms. The van der Waals surface area contributed by atoms with E-state index < -0.39 is 0 Å². The van der Waals surface area contributed by atoms with Crippen LogP contribution in [0.4, 0.5) is 0 Å². The van der Waals surface area contributed by atoms with E-state index in [0.29, 0.717) is 17.6 Å². The van der Waals surface area contributed by atoms with E-state index >= 15 is 0 Å². The third-order valence-corrected chi connectivity index (χ3v) is 5.12. The van der Waals surface area contributed by atoms with Crippen LogP contribution in [0.2, 0.25) is 0 Å². The second kappa shape index (κ2) is 7.35. The molecule has 0 atom stereocenters. The number of Topliss-reactive ketones (excluding diaryl/α,β-unsaturated/α-hetero) is 1. The number of nitrogens with one attached hydrogen (secondary N) is 2. The molecule has 5 heteroatoms. The number of H-pyrrole nitrogens is 1. The first-order chi connectivity index (χ1) is 12.8. The van der Waals surface area contributed by atoms with Gasteiger partial charge in [-0.25, -0.2) is 0 Å². The number of benzene rings is 1. The molecule has 0 fully saturated rings. The highest BCUT2D eigenvalue weighted by Crippen LogP contribution is 2.30. The van der Waals surface area contributed by atoms with Gasteiger partial charge in [0.1, 0.15) is 0 Å². The van der Waals surface area contributed by atoms with Gasteiger partial charge in [-0.2, -0.15) is 5.10 Å². The lowest BCUT2D eigenvalue weighted by atomic mass is 9.92. The van der Waals surface area contributed by atoms with Crippen molar-refractivity contribution in [2.45, 2.75) is 41.0 Å². The van der Waals surface area contributed by atoms with Gasteiger partial charge in [0, 0.05) is 35.4 Å². The zero-order chi connectivity index (χ0) is 19.7. The number of nitrogens with zero attached hydrogens (tertiary/aromatic N) is 1. The molecule has 0 aliphatic heterocycles. The average Bonchev–Trinajstić information content (AvgIpc) is 2.92. The fourth-order valence-corrected chi connectivity index (χ4v) is 3.69. The van der Waals surface area contributed by atoms with Gasteiger partial charge in [-0.1, -0.05) is 23.8 Å². The number of hydrogen-bond acceptors (Lipinski definition) is 3. The monoisotopic (exact) mass is 363 g/mol. The highest BCUT2D eigenvalue weighted by molar-refractivity contribution is 6.02. The Morgan fingerprint density at radius 1 is 1.19 bits per heavy atom. The summed E-state index contributed by atoms with van der Waals surface area (Å²) in [4.78, 5) is 25.0. The molecule has 1 heterocycles. The van der Waals surface area contributed by atoms with Crippen molar-refractivity contribution in [3.8, 4) is 11.1 Å². The molecule has 1 aromatic carbocycles. The summed E-state index contributed by atoms with van der Waals surface area (Å²) in [6.07, 6.45) is 2.44. The maximum Gasteiger partial charge on any atom is 0.251 e. The molecule has 0 radical (unpaired) electrons. The summed E-state index contributed by atoms with van der Waals surface area (Å²) < 4.78 is 0. The van der Waals surface area contributed by atoms with Crippen molar-refractivity contribution in [3.05, 3.63) is 63.5 Å². The average molecular weight is 363 g/mol. The second-order valence-electron chi connectivity index (χ2n) is 7.22. The molecule has 0 saturated heterocycles. The molecule has 140 valence electrons. The summed E-state index contributed by atoms with van der Waals surface area (Å²) in [6, 6.07) is 5.69. The Labute approximate surface area is 159 Å². The number of carbonyl (C=O) groups excluding carboxylic acids is 2. The summed E-state index contributed by atoms with van der Waals surface area (Å²) in [7, 11) is 0. The molecular formula is C22H25N3O2. The zero-order valence-corrected chi connectivity index (χ0v) is 16.5. The van der Waals surface area contributed by atoms with Crippen LogP contribution in [0.25, 0.3) is 11.1 Å². The van der Waals surface area contributed by atoms with Gasteiger partial charge in [0.25, 0.3) is 5.91 Å². The number of allylic oxidation sites excluding steroid dienone is 3. The Morgan fingerprint density at radius 3 is 2.56 bits per heavy atom. The van der Waals surface area contributed by atoms with Crippen molar-refractivity contribution in [1.29, 1.82) is 0 Å². The number of carbonyl (C=O) groups is 2. The lowest BCUT2D eigenvalue weighted by Gasteiger charge is -2.17. The quantitative estimate of drug-likeness (QED) is 0.863. The Balaban J connectivity index is 1.85. The first-order valence-corrected chi connectivity index (χ1v) is 9.09. The third-order valence-electron chi connectivity index (χ3n) is 5.12. The van der Waals surface area contributed by atoms with Crippen molar-refractivity contribution in [2.24, 2.45) is 0 Å². The van der Waals surface area contributed by atoms with Gasteiger partial charge in [0.05, 0.1) is 5.69 Å². The first-order valence-electron chi connectivity index (χ1n) is 9.09. The number of amides is 1. The molecule has 1 amide bonds. The van der Waals surface area contributed by atoms with Crippen molar-refractivity contribution < 1.29 is 9.59 Å². The molecule has 0 saturated carbocycles. The standard InChI is InChI=1S/C22H25N3O2/c1-12-9-13(2)19(20(26)10-12)11-23-22(27)18-8-6-7-17(14(18)3)21-15(4)24-25-16(21)5/h6-9H,10-11H2,1-5H3,(H,23,27)(H,24,25). The van der Waals surface area contributed by atoms with Gasteiger partial charge in [0.15, 0.2) is 5.78 Å². The topological polar surface area (TPSA) is 74.8 Å². The van der Waals surface area contributed by atoms with E-state index in [2.05, 4.69) is 15.5 Å². The summed E-state index contributed by atoms with van der Waals surface area (Å²) in [5.74, 6) is -0.0876. The number of aromatic amines is 1. The molecule has 2 N–H and O–H groups in total. The lowest BCUT2D eigenvalue weighted by Crippen LogP contribution is -2.29. The summed E-state index contributed by atoms with van der Waals surface area (Å²) in [5, 5.41) is 10.2. The van der Waals surface area contributed by atoms with Crippen LogP contribution in [0.1, 0.15) is 47.6 Å². The van der Waals surface area contributed by atoms with Crippen LogP contribution in [0.3, 0.4) is 0 Å². The highest BCUT2D eigenvalue weighted by atomic mass is 16.2. The minimum Gasteiger partial charge on any atom is -0.348 e. The maximum absolute atomic E-state index is 12.8. The largest absolute Gasteiger partial charge is 0.348 e. The SMILES string of the molecule is CC1=CC(C)=C(CNC(=O)c2cccc(-c3c(C)n[nH]c3C)c2C)C(=O)C1. The predicted molar refractivity (Wildman–Crippen MR) is 107 cm³/mol. The number of hydrogen-bond donors (Lipinski definition) is 2. The van der Waals surface area contributed by atoms with Crippen molar-refractivity contribution >= 4 is 11.7 Å². The molecule has 27 heavy (non-hydrogen) atoms. The molecule has 0 unspecified atom stereocenters. The number of aromatic nitrogens is 2. The molecular weight excluding hydrogens is 338 g/mol. The Hall–Kier alpha value is -2.95. The fraction of sp³-hybridized carbons (Fsp3) is 0.318. The van der Waals surface area contributed by atoms with Crippen LogP contribution in [0.5, 0.6) is 0 Å². The maximum atomic E-state index is 12.8. The van der Waals surface area contributed by atoms with E-state index in [4.69, 9.17) is 0 Å². The van der Waals surface area contributed by atoms with Gasteiger partial charge in [-0.15, -0.1) is 0 Å². The fourth-order valence-electron chi connectivity index (χ4n) is 3.69. The van der Waals surface area contributed by atoms with Crippen LogP contribution in [-0.2, 0) is 4.79 Å². The summed E-state index contributed by atoms with van der Waals surface area (Å²) >= 11 is 0.